The van der Waals surface area contributed by atoms with Crippen LogP contribution in [0.5, 0.6) is 0 Å². The maximum Gasteiger partial charge on any atom is 0.00115 e. The van der Waals surface area contributed by atoms with Gasteiger partial charge in [-0.15, -0.1) is 0 Å². The molecule has 1 aliphatic rings. The van der Waals surface area contributed by atoms with Crippen molar-refractivity contribution in [3.05, 3.63) is 11.1 Å². The first-order chi connectivity index (χ1) is 4.58. The van der Waals surface area contributed by atoms with Crippen LogP contribution in [0, 0.1) is 5.41 Å². The van der Waals surface area contributed by atoms with Gasteiger partial charge in [-0.3, -0.25) is 0 Å². The highest BCUT2D eigenvalue weighted by molar-refractivity contribution is 5.28. The van der Waals surface area contributed by atoms with Crippen molar-refractivity contribution < 1.29 is 0 Å². The first-order valence-electron chi connectivity index (χ1n) is 3.97. The summed E-state index contributed by atoms with van der Waals surface area (Å²) in [6.45, 7) is 7.42. The van der Waals surface area contributed by atoms with Crippen molar-refractivity contribution in [3.63, 3.8) is 0 Å². The molecule has 1 rings (SSSR count). The molecule has 1 heteroatoms. The van der Waals surface area contributed by atoms with E-state index in [1.54, 1.807) is 5.57 Å². The Bertz CT molecular complexity index is 160. The minimum Gasteiger partial charge on any atom is -0.330 e. The van der Waals surface area contributed by atoms with Crippen molar-refractivity contribution >= 4 is 0 Å². The van der Waals surface area contributed by atoms with Crippen LogP contribution >= 0.6 is 0 Å². The summed E-state index contributed by atoms with van der Waals surface area (Å²) in [6.07, 6.45) is 2.63. The van der Waals surface area contributed by atoms with Gasteiger partial charge in [-0.25, -0.2) is 0 Å². The average Bonchev–Trinajstić information content (AvgIpc) is 2.68. The summed E-state index contributed by atoms with van der Waals surface area (Å²) in [5.74, 6) is 0. The van der Waals surface area contributed by atoms with Gasteiger partial charge >= 0.3 is 0 Å². The maximum atomic E-state index is 5.64. The second-order valence-electron chi connectivity index (χ2n) is 3.82. The van der Waals surface area contributed by atoms with Gasteiger partial charge in [0.1, 0.15) is 0 Å². The molecule has 0 aromatic carbocycles. The lowest BCUT2D eigenvalue weighted by molar-refractivity contribution is 0.458. The van der Waals surface area contributed by atoms with E-state index >= 15 is 0 Å². The average molecular weight is 139 g/mol. The first-order valence-corrected chi connectivity index (χ1v) is 3.97. The van der Waals surface area contributed by atoms with Crippen molar-refractivity contribution in [2.24, 2.45) is 11.1 Å². The largest absolute Gasteiger partial charge is 0.330 e. The van der Waals surface area contributed by atoms with Gasteiger partial charge in [0.15, 0.2) is 0 Å². The molecule has 0 amide bonds. The smallest absolute Gasteiger partial charge is 0.00115 e. The van der Waals surface area contributed by atoms with Gasteiger partial charge < -0.3 is 5.73 Å². The van der Waals surface area contributed by atoms with Gasteiger partial charge in [0.2, 0.25) is 0 Å². The van der Waals surface area contributed by atoms with Gasteiger partial charge in [-0.2, -0.15) is 0 Å². The molecule has 58 valence electrons. The monoisotopic (exact) mass is 139 g/mol. The van der Waals surface area contributed by atoms with Crippen molar-refractivity contribution in [1.29, 1.82) is 0 Å². The zero-order valence-corrected chi connectivity index (χ0v) is 7.20. The van der Waals surface area contributed by atoms with E-state index in [-0.39, 0.29) is 5.41 Å². The second-order valence-corrected chi connectivity index (χ2v) is 3.82. The number of rotatable bonds is 2. The highest BCUT2D eigenvalue weighted by Crippen LogP contribution is 2.38. The Balaban J connectivity index is 2.72. The molecule has 1 fully saturated rings. The van der Waals surface area contributed by atoms with Gasteiger partial charge in [0, 0.05) is 6.54 Å². The van der Waals surface area contributed by atoms with E-state index in [9.17, 15) is 0 Å². The van der Waals surface area contributed by atoms with E-state index in [1.807, 2.05) is 0 Å². The third-order valence-electron chi connectivity index (χ3n) is 2.56. The fraction of sp³-hybridized carbons (Fsp3) is 0.778. The summed E-state index contributed by atoms with van der Waals surface area (Å²) in [5.41, 5.74) is 9.04. The van der Waals surface area contributed by atoms with E-state index in [0.29, 0.717) is 0 Å². The lowest BCUT2D eigenvalue weighted by Crippen LogP contribution is -2.24. The summed E-state index contributed by atoms with van der Waals surface area (Å²) in [5, 5.41) is 0. The van der Waals surface area contributed by atoms with Crippen LogP contribution in [0.25, 0.3) is 0 Å². The van der Waals surface area contributed by atoms with Crippen molar-refractivity contribution in [2.45, 2.75) is 33.6 Å². The third kappa shape index (κ3) is 1.40. The molecule has 1 aliphatic carbocycles. The molecule has 0 aromatic heterocycles. The zero-order valence-electron chi connectivity index (χ0n) is 7.20. The van der Waals surface area contributed by atoms with Crippen LogP contribution in [0.15, 0.2) is 11.1 Å². The highest BCUT2D eigenvalue weighted by atomic mass is 14.6. The van der Waals surface area contributed by atoms with Gasteiger partial charge in [-0.05, 0) is 25.2 Å². The van der Waals surface area contributed by atoms with Crippen LogP contribution in [0.3, 0.4) is 0 Å². The fourth-order valence-electron chi connectivity index (χ4n) is 1.07. The number of hydrogen-bond donors (Lipinski definition) is 1. The highest BCUT2D eigenvalue weighted by Gasteiger charge is 2.25. The van der Waals surface area contributed by atoms with Crippen molar-refractivity contribution in [1.82, 2.24) is 0 Å². The lowest BCUT2D eigenvalue weighted by atomic mass is 9.85. The third-order valence-corrected chi connectivity index (χ3v) is 2.56. The SMILES string of the molecule is CC(=C1CC1)C(C)(C)CN. The first kappa shape index (κ1) is 7.80. The molecule has 0 atom stereocenters. The van der Waals surface area contributed by atoms with E-state index in [1.165, 1.54) is 18.4 Å². The standard InChI is InChI=1S/C9H17N/c1-7(8-4-5-8)9(2,3)6-10/h4-6,10H2,1-3H3. The molecule has 1 saturated carbocycles. The summed E-state index contributed by atoms with van der Waals surface area (Å²) >= 11 is 0. The van der Waals surface area contributed by atoms with Crippen molar-refractivity contribution in [2.75, 3.05) is 6.54 Å². The Morgan fingerprint density at radius 2 is 2.00 bits per heavy atom. The van der Waals surface area contributed by atoms with Crippen LogP contribution < -0.4 is 5.73 Å². The molecule has 0 radical (unpaired) electrons. The Morgan fingerprint density at radius 1 is 1.50 bits per heavy atom. The lowest BCUT2D eigenvalue weighted by Gasteiger charge is -2.23. The molecule has 0 unspecified atom stereocenters. The maximum absolute atomic E-state index is 5.64. The summed E-state index contributed by atoms with van der Waals surface area (Å²) in [4.78, 5) is 0. The quantitative estimate of drug-likeness (QED) is 0.582. The van der Waals surface area contributed by atoms with Crippen LogP contribution in [0.1, 0.15) is 33.6 Å². The molecule has 1 nitrogen and oxygen atoms in total. The van der Waals surface area contributed by atoms with Gasteiger partial charge in [0.05, 0.1) is 0 Å². The van der Waals surface area contributed by atoms with Crippen molar-refractivity contribution in [3.8, 4) is 0 Å². The summed E-state index contributed by atoms with van der Waals surface area (Å²) in [6, 6.07) is 0. The van der Waals surface area contributed by atoms with E-state index in [0.717, 1.165) is 6.54 Å². The second kappa shape index (κ2) is 2.39. The molecule has 0 bridgehead atoms. The Labute approximate surface area is 63.3 Å². The van der Waals surface area contributed by atoms with E-state index in [4.69, 9.17) is 5.73 Å². The molecule has 10 heavy (non-hydrogen) atoms. The van der Waals surface area contributed by atoms with E-state index in [2.05, 4.69) is 20.8 Å². The minimum absolute atomic E-state index is 0.242. The molecule has 0 aliphatic heterocycles. The number of hydrogen-bond acceptors (Lipinski definition) is 1. The van der Waals surface area contributed by atoms with Crippen LogP contribution in [-0.2, 0) is 0 Å². The Morgan fingerprint density at radius 3 is 2.30 bits per heavy atom. The summed E-state index contributed by atoms with van der Waals surface area (Å²) < 4.78 is 0. The van der Waals surface area contributed by atoms with Crippen LogP contribution in [0.2, 0.25) is 0 Å². The summed E-state index contributed by atoms with van der Waals surface area (Å²) in [7, 11) is 0. The van der Waals surface area contributed by atoms with E-state index < -0.39 is 0 Å². The molecular formula is C9H17N. The molecule has 0 saturated heterocycles. The predicted octanol–water partition coefficient (Wildman–Crippen LogP) is 2.08. The Kier molecular flexibility index (Phi) is 1.86. The number of allylic oxidation sites excluding steroid dienone is 1. The molecule has 0 heterocycles. The molecule has 0 spiro atoms. The number of nitrogens with two attached hydrogens (primary N) is 1. The Hall–Kier alpha value is -0.300. The minimum atomic E-state index is 0.242. The topological polar surface area (TPSA) is 26.0 Å². The molecular weight excluding hydrogens is 122 g/mol. The van der Waals surface area contributed by atoms with Gasteiger partial charge in [0.25, 0.3) is 0 Å². The molecule has 0 aromatic rings. The molecule has 2 N–H and O–H groups in total. The normalized spacial score (nSPS) is 17.4. The fourth-order valence-corrected chi connectivity index (χ4v) is 1.07. The zero-order chi connectivity index (χ0) is 7.78. The predicted molar refractivity (Wildman–Crippen MR) is 44.8 cm³/mol. The van der Waals surface area contributed by atoms with Crippen LogP contribution in [-0.4, -0.2) is 6.54 Å². The van der Waals surface area contributed by atoms with Crippen LogP contribution in [0.4, 0.5) is 0 Å². The van der Waals surface area contributed by atoms with Gasteiger partial charge in [-0.1, -0.05) is 25.0 Å².